The van der Waals surface area contributed by atoms with Crippen molar-refractivity contribution in [3.63, 3.8) is 0 Å². The van der Waals surface area contributed by atoms with E-state index in [0.717, 1.165) is 23.0 Å². The van der Waals surface area contributed by atoms with Crippen molar-refractivity contribution in [2.45, 2.75) is 64.5 Å². The predicted molar refractivity (Wildman–Crippen MR) is 118 cm³/mol. The maximum absolute atomic E-state index is 13.4. The number of hydrogen-bond acceptors (Lipinski definition) is 4. The third kappa shape index (κ3) is 4.00. The summed E-state index contributed by atoms with van der Waals surface area (Å²) in [5.74, 6) is 2.65. The molecule has 0 aromatic carbocycles. The summed E-state index contributed by atoms with van der Waals surface area (Å²) in [7, 11) is 0. The third-order valence-corrected chi connectivity index (χ3v) is 7.18. The maximum atomic E-state index is 13.4. The van der Waals surface area contributed by atoms with Crippen LogP contribution in [0.1, 0.15) is 63.4 Å². The van der Waals surface area contributed by atoms with E-state index in [4.69, 9.17) is 4.74 Å². The Morgan fingerprint density at radius 1 is 1.00 bits per heavy atom. The molecule has 6 heteroatoms. The summed E-state index contributed by atoms with van der Waals surface area (Å²) in [6, 6.07) is 5.74. The Hall–Kier alpha value is -2.63. The fourth-order valence-electron chi connectivity index (χ4n) is 6.19. The van der Waals surface area contributed by atoms with E-state index >= 15 is 0 Å². The number of hydrogen-bond donors (Lipinski definition) is 1. The average Bonchev–Trinajstić information content (AvgIpc) is 3.15. The molecule has 4 bridgehead atoms. The van der Waals surface area contributed by atoms with E-state index in [1.807, 2.05) is 32.9 Å². The fourth-order valence-corrected chi connectivity index (χ4v) is 6.19. The molecule has 4 aliphatic carbocycles. The minimum absolute atomic E-state index is 0.191. The Labute approximate surface area is 183 Å². The van der Waals surface area contributed by atoms with E-state index < -0.39 is 11.7 Å². The quantitative estimate of drug-likeness (QED) is 0.766. The molecule has 164 valence electrons. The van der Waals surface area contributed by atoms with Crippen LogP contribution in [-0.4, -0.2) is 33.2 Å². The van der Waals surface area contributed by atoms with Gasteiger partial charge in [-0.3, -0.25) is 9.78 Å². The summed E-state index contributed by atoms with van der Waals surface area (Å²) in [6.07, 6.45) is 10.9. The van der Waals surface area contributed by atoms with E-state index in [-0.39, 0.29) is 11.9 Å². The topological polar surface area (TPSA) is 73.2 Å². The normalized spacial score (nSPS) is 29.1. The standard InChI is InChI=1S/C25H31N3O3/c1-25(2,3)31-24(30)28-14-20(17-4-6-26-7-5-17)13-21(28)23(29)27-22-18-9-15-8-16(11-18)12-19(22)10-15/h4-7,13-16,18-19,22H,8-12H2,1-3H3,(H,27,29). The molecule has 0 spiro atoms. The van der Waals surface area contributed by atoms with E-state index in [0.29, 0.717) is 17.5 Å². The van der Waals surface area contributed by atoms with Crippen molar-refractivity contribution in [3.05, 3.63) is 42.5 Å². The molecule has 0 radical (unpaired) electrons. The first-order valence-electron chi connectivity index (χ1n) is 11.4. The van der Waals surface area contributed by atoms with Gasteiger partial charge in [-0.05, 0) is 100 Å². The maximum Gasteiger partial charge on any atom is 0.419 e. The Morgan fingerprint density at radius 2 is 1.61 bits per heavy atom. The molecule has 0 unspecified atom stereocenters. The van der Waals surface area contributed by atoms with Crippen molar-refractivity contribution >= 4 is 12.0 Å². The van der Waals surface area contributed by atoms with Gasteiger partial charge in [0.15, 0.2) is 0 Å². The molecule has 0 aliphatic heterocycles. The number of rotatable bonds is 3. The molecule has 4 fully saturated rings. The number of carbonyl (C=O) groups is 2. The van der Waals surface area contributed by atoms with E-state index in [1.54, 1.807) is 24.7 Å². The van der Waals surface area contributed by atoms with Gasteiger partial charge in [0, 0.05) is 30.2 Å². The zero-order valence-electron chi connectivity index (χ0n) is 18.5. The lowest BCUT2D eigenvalue weighted by Crippen LogP contribution is -2.56. The highest BCUT2D eigenvalue weighted by atomic mass is 16.6. The first-order valence-corrected chi connectivity index (χ1v) is 11.4. The zero-order valence-corrected chi connectivity index (χ0v) is 18.5. The van der Waals surface area contributed by atoms with Gasteiger partial charge in [-0.2, -0.15) is 0 Å². The summed E-state index contributed by atoms with van der Waals surface area (Å²) in [5.41, 5.74) is 1.38. The monoisotopic (exact) mass is 421 g/mol. The van der Waals surface area contributed by atoms with Crippen LogP contribution in [0.25, 0.3) is 11.1 Å². The van der Waals surface area contributed by atoms with Crippen molar-refractivity contribution < 1.29 is 14.3 Å². The number of ether oxygens (including phenoxy) is 1. The van der Waals surface area contributed by atoms with Crippen molar-refractivity contribution in [1.29, 1.82) is 0 Å². The number of pyridine rings is 1. The van der Waals surface area contributed by atoms with Gasteiger partial charge in [-0.1, -0.05) is 0 Å². The third-order valence-electron chi connectivity index (χ3n) is 7.18. The number of aromatic nitrogens is 2. The average molecular weight is 422 g/mol. The first kappa shape index (κ1) is 20.3. The first-order chi connectivity index (χ1) is 14.8. The lowest BCUT2D eigenvalue weighted by molar-refractivity contribution is -0.0121. The zero-order chi connectivity index (χ0) is 21.8. The molecule has 0 atom stereocenters. The van der Waals surface area contributed by atoms with E-state index in [2.05, 4.69) is 10.3 Å². The van der Waals surface area contributed by atoms with Gasteiger partial charge in [-0.15, -0.1) is 0 Å². The van der Waals surface area contributed by atoms with Crippen molar-refractivity contribution in [1.82, 2.24) is 14.9 Å². The predicted octanol–water partition coefficient (Wildman–Crippen LogP) is 4.89. The lowest BCUT2D eigenvalue weighted by Gasteiger charge is -2.54. The van der Waals surface area contributed by atoms with Gasteiger partial charge in [0.25, 0.3) is 5.91 Å². The lowest BCUT2D eigenvalue weighted by atomic mass is 9.54. The van der Waals surface area contributed by atoms with Crippen LogP contribution >= 0.6 is 0 Å². The van der Waals surface area contributed by atoms with Crippen LogP contribution in [0.4, 0.5) is 4.79 Å². The molecule has 4 saturated carbocycles. The fraction of sp³-hybridized carbons (Fsp3) is 0.560. The smallest absolute Gasteiger partial charge is 0.419 e. The van der Waals surface area contributed by atoms with Crippen LogP contribution in [0.2, 0.25) is 0 Å². The summed E-state index contributed by atoms with van der Waals surface area (Å²) in [6.45, 7) is 5.48. The number of amides is 1. The van der Waals surface area contributed by atoms with Gasteiger partial charge in [0.2, 0.25) is 0 Å². The molecular formula is C25H31N3O3. The van der Waals surface area contributed by atoms with Crippen molar-refractivity contribution in [2.75, 3.05) is 0 Å². The van der Waals surface area contributed by atoms with E-state index in [9.17, 15) is 9.59 Å². The molecule has 1 amide bonds. The number of nitrogens with one attached hydrogen (secondary N) is 1. The second-order valence-electron chi connectivity index (χ2n) is 10.6. The summed E-state index contributed by atoms with van der Waals surface area (Å²) in [4.78, 5) is 30.4. The van der Waals surface area contributed by atoms with Crippen LogP contribution in [0.15, 0.2) is 36.8 Å². The number of carbonyl (C=O) groups excluding carboxylic acids is 2. The van der Waals surface area contributed by atoms with Crippen molar-refractivity contribution in [2.24, 2.45) is 23.7 Å². The largest absolute Gasteiger partial charge is 0.443 e. The minimum atomic E-state index is -0.645. The van der Waals surface area contributed by atoms with Crippen LogP contribution in [0.3, 0.4) is 0 Å². The Bertz CT molecular complexity index is 961. The van der Waals surface area contributed by atoms with Crippen LogP contribution < -0.4 is 5.32 Å². The molecule has 2 aromatic rings. The Kier molecular flexibility index (Phi) is 4.91. The molecule has 2 heterocycles. The van der Waals surface area contributed by atoms with Crippen LogP contribution in [0.5, 0.6) is 0 Å². The Morgan fingerprint density at radius 3 is 2.19 bits per heavy atom. The summed E-state index contributed by atoms with van der Waals surface area (Å²) < 4.78 is 6.93. The van der Waals surface area contributed by atoms with Gasteiger partial charge < -0.3 is 10.1 Å². The highest BCUT2D eigenvalue weighted by Gasteiger charge is 2.48. The van der Waals surface area contributed by atoms with E-state index in [1.165, 1.54) is 36.7 Å². The van der Waals surface area contributed by atoms with Crippen molar-refractivity contribution in [3.8, 4) is 11.1 Å². The highest BCUT2D eigenvalue weighted by molar-refractivity contribution is 5.98. The Balaban J connectivity index is 1.43. The molecule has 31 heavy (non-hydrogen) atoms. The molecule has 4 aliphatic rings. The molecule has 0 saturated heterocycles. The van der Waals surface area contributed by atoms with Gasteiger partial charge in [0.05, 0.1) is 0 Å². The number of nitrogens with zero attached hydrogens (tertiary/aromatic N) is 2. The van der Waals surface area contributed by atoms with Gasteiger partial charge in [0.1, 0.15) is 11.3 Å². The molecule has 2 aromatic heterocycles. The van der Waals surface area contributed by atoms with Crippen LogP contribution in [0, 0.1) is 23.7 Å². The highest BCUT2D eigenvalue weighted by Crippen LogP contribution is 2.53. The summed E-state index contributed by atoms with van der Waals surface area (Å²) in [5, 5.41) is 3.32. The molecular weight excluding hydrogens is 390 g/mol. The minimum Gasteiger partial charge on any atom is -0.443 e. The molecule has 1 N–H and O–H groups in total. The van der Waals surface area contributed by atoms with Crippen LogP contribution in [-0.2, 0) is 4.74 Å². The second kappa shape index (κ2) is 7.50. The van der Waals surface area contributed by atoms with Gasteiger partial charge >= 0.3 is 6.09 Å². The SMILES string of the molecule is CC(C)(C)OC(=O)n1cc(-c2ccncc2)cc1C(=O)NC1C2CC3CC(C2)CC1C3. The second-order valence-corrected chi connectivity index (χ2v) is 10.6. The molecule has 6 rings (SSSR count). The summed E-state index contributed by atoms with van der Waals surface area (Å²) >= 11 is 0. The molecule has 6 nitrogen and oxygen atoms in total. The van der Waals surface area contributed by atoms with Gasteiger partial charge in [-0.25, -0.2) is 9.36 Å².